The SMILES string of the molecule is CCC(C)N(C)CCn1c(SCC(=O)O)n[nH]c1=O. The fourth-order valence-corrected chi connectivity index (χ4v) is 2.22. The summed E-state index contributed by atoms with van der Waals surface area (Å²) in [6.45, 7) is 5.45. The van der Waals surface area contributed by atoms with Crippen LogP contribution in [0.1, 0.15) is 20.3 Å². The summed E-state index contributed by atoms with van der Waals surface area (Å²) < 4.78 is 1.48. The Morgan fingerprint density at radius 3 is 2.89 bits per heavy atom. The van der Waals surface area contributed by atoms with E-state index in [4.69, 9.17) is 5.11 Å². The van der Waals surface area contributed by atoms with Crippen molar-refractivity contribution in [1.82, 2.24) is 19.7 Å². The van der Waals surface area contributed by atoms with E-state index in [0.717, 1.165) is 24.7 Å². The largest absolute Gasteiger partial charge is 0.481 e. The zero-order valence-electron chi connectivity index (χ0n) is 11.4. The molecule has 0 fully saturated rings. The Kier molecular flexibility index (Phi) is 6.10. The molecule has 0 radical (unpaired) electrons. The molecule has 19 heavy (non-hydrogen) atoms. The first kappa shape index (κ1) is 15.8. The Hall–Kier alpha value is -1.28. The number of rotatable bonds is 8. The van der Waals surface area contributed by atoms with Crippen LogP contribution in [0, 0.1) is 0 Å². The minimum Gasteiger partial charge on any atom is -0.481 e. The van der Waals surface area contributed by atoms with E-state index in [9.17, 15) is 9.59 Å². The predicted molar refractivity (Wildman–Crippen MR) is 73.6 cm³/mol. The Bertz CT molecular complexity index is 471. The van der Waals surface area contributed by atoms with Crippen LogP contribution in [0.5, 0.6) is 0 Å². The second kappa shape index (κ2) is 7.34. The van der Waals surface area contributed by atoms with Crippen LogP contribution in [-0.4, -0.2) is 56.1 Å². The Balaban J connectivity index is 2.64. The van der Waals surface area contributed by atoms with Crippen molar-refractivity contribution in [2.24, 2.45) is 0 Å². The third-order valence-corrected chi connectivity index (χ3v) is 4.03. The Morgan fingerprint density at radius 1 is 1.63 bits per heavy atom. The van der Waals surface area contributed by atoms with Gasteiger partial charge in [0.1, 0.15) is 0 Å². The number of likely N-dealkylation sites (N-methyl/N-ethyl adjacent to an activating group) is 1. The van der Waals surface area contributed by atoms with E-state index in [2.05, 4.69) is 28.9 Å². The second-order valence-electron chi connectivity index (χ2n) is 4.38. The molecular formula is C11H20N4O3S. The molecule has 0 spiro atoms. The van der Waals surface area contributed by atoms with Crippen molar-refractivity contribution in [2.75, 3.05) is 19.3 Å². The number of thioether (sulfide) groups is 1. The van der Waals surface area contributed by atoms with Crippen LogP contribution in [0.2, 0.25) is 0 Å². The minimum atomic E-state index is -0.927. The highest BCUT2D eigenvalue weighted by atomic mass is 32.2. The zero-order valence-corrected chi connectivity index (χ0v) is 12.2. The molecule has 1 atom stereocenters. The van der Waals surface area contributed by atoms with Crippen LogP contribution in [0.25, 0.3) is 0 Å². The molecule has 1 heterocycles. The molecule has 0 saturated heterocycles. The smallest absolute Gasteiger partial charge is 0.344 e. The van der Waals surface area contributed by atoms with Gasteiger partial charge in [-0.15, -0.1) is 5.10 Å². The van der Waals surface area contributed by atoms with Crippen LogP contribution in [-0.2, 0) is 11.3 Å². The molecule has 2 N–H and O–H groups in total. The van der Waals surface area contributed by atoms with E-state index >= 15 is 0 Å². The fourth-order valence-electron chi connectivity index (χ4n) is 1.53. The summed E-state index contributed by atoms with van der Waals surface area (Å²) >= 11 is 1.04. The fraction of sp³-hybridized carbons (Fsp3) is 0.727. The summed E-state index contributed by atoms with van der Waals surface area (Å²) in [5.74, 6) is -1.03. The summed E-state index contributed by atoms with van der Waals surface area (Å²) in [6, 6.07) is 0.442. The molecule has 0 saturated carbocycles. The third-order valence-electron chi connectivity index (χ3n) is 3.07. The molecule has 8 heteroatoms. The van der Waals surface area contributed by atoms with Gasteiger partial charge in [-0.1, -0.05) is 18.7 Å². The van der Waals surface area contributed by atoms with Gasteiger partial charge in [-0.2, -0.15) is 0 Å². The first-order valence-corrected chi connectivity index (χ1v) is 7.14. The monoisotopic (exact) mass is 288 g/mol. The quantitative estimate of drug-likeness (QED) is 0.676. The number of nitrogens with one attached hydrogen (secondary N) is 1. The van der Waals surface area contributed by atoms with Crippen molar-refractivity contribution in [3.05, 3.63) is 10.5 Å². The first-order chi connectivity index (χ1) is 8.95. The topological polar surface area (TPSA) is 91.2 Å². The molecule has 0 aliphatic carbocycles. The summed E-state index contributed by atoms with van der Waals surface area (Å²) in [5, 5.41) is 15.3. The number of nitrogens with zero attached hydrogens (tertiary/aromatic N) is 3. The maximum Gasteiger partial charge on any atom is 0.344 e. The van der Waals surface area contributed by atoms with E-state index in [0.29, 0.717) is 17.7 Å². The number of carbonyl (C=O) groups is 1. The van der Waals surface area contributed by atoms with Crippen molar-refractivity contribution in [3.8, 4) is 0 Å². The van der Waals surface area contributed by atoms with Gasteiger partial charge in [-0.05, 0) is 20.4 Å². The molecule has 1 aromatic heterocycles. The van der Waals surface area contributed by atoms with Gasteiger partial charge >= 0.3 is 11.7 Å². The van der Waals surface area contributed by atoms with Crippen LogP contribution in [0.3, 0.4) is 0 Å². The molecule has 0 aliphatic heterocycles. The van der Waals surface area contributed by atoms with Crippen molar-refractivity contribution in [1.29, 1.82) is 0 Å². The lowest BCUT2D eigenvalue weighted by Gasteiger charge is -2.23. The maximum atomic E-state index is 11.6. The predicted octanol–water partition coefficient (Wildman–Crippen LogP) is 0.478. The number of hydrogen-bond acceptors (Lipinski definition) is 5. The van der Waals surface area contributed by atoms with E-state index < -0.39 is 5.97 Å². The van der Waals surface area contributed by atoms with E-state index in [1.54, 1.807) is 0 Å². The summed E-state index contributed by atoms with van der Waals surface area (Å²) in [7, 11) is 2.00. The Labute approximate surface area is 116 Å². The summed E-state index contributed by atoms with van der Waals surface area (Å²) in [4.78, 5) is 24.3. The van der Waals surface area contributed by atoms with Crippen LogP contribution >= 0.6 is 11.8 Å². The summed E-state index contributed by atoms with van der Waals surface area (Å²) in [5.41, 5.74) is -0.301. The van der Waals surface area contributed by atoms with Gasteiger partial charge < -0.3 is 10.0 Å². The number of aromatic nitrogens is 3. The average molecular weight is 288 g/mol. The molecule has 0 aliphatic rings. The molecule has 0 bridgehead atoms. The lowest BCUT2D eigenvalue weighted by molar-refractivity contribution is -0.133. The average Bonchev–Trinajstić information content (AvgIpc) is 2.73. The number of carboxylic acids is 1. The molecule has 7 nitrogen and oxygen atoms in total. The highest BCUT2D eigenvalue weighted by molar-refractivity contribution is 7.99. The van der Waals surface area contributed by atoms with Crippen LogP contribution in [0.15, 0.2) is 9.95 Å². The number of H-pyrrole nitrogens is 1. The van der Waals surface area contributed by atoms with E-state index in [-0.39, 0.29) is 11.4 Å². The molecule has 0 aromatic carbocycles. The number of aromatic amines is 1. The molecule has 108 valence electrons. The van der Waals surface area contributed by atoms with Crippen molar-refractivity contribution in [2.45, 2.75) is 38.0 Å². The number of aliphatic carboxylic acids is 1. The Morgan fingerprint density at radius 2 is 2.32 bits per heavy atom. The lowest BCUT2D eigenvalue weighted by Crippen LogP contribution is -2.33. The van der Waals surface area contributed by atoms with E-state index in [1.807, 2.05) is 7.05 Å². The van der Waals surface area contributed by atoms with Crippen LogP contribution < -0.4 is 5.69 Å². The van der Waals surface area contributed by atoms with Crippen molar-refractivity contribution >= 4 is 17.7 Å². The lowest BCUT2D eigenvalue weighted by atomic mass is 10.2. The molecule has 1 aromatic rings. The maximum absolute atomic E-state index is 11.6. The first-order valence-electron chi connectivity index (χ1n) is 6.15. The van der Waals surface area contributed by atoms with Gasteiger partial charge in [-0.25, -0.2) is 9.89 Å². The van der Waals surface area contributed by atoms with Crippen molar-refractivity contribution < 1.29 is 9.90 Å². The van der Waals surface area contributed by atoms with Gasteiger partial charge in [0.2, 0.25) is 0 Å². The van der Waals surface area contributed by atoms with Gasteiger partial charge in [0, 0.05) is 19.1 Å². The zero-order chi connectivity index (χ0) is 14.4. The standard InChI is InChI=1S/C11H20N4O3S/c1-4-8(2)14(3)5-6-15-10(18)12-13-11(15)19-7-9(16)17/h8H,4-7H2,1-3H3,(H,12,18)(H,16,17). The molecule has 1 rings (SSSR count). The van der Waals surface area contributed by atoms with Gasteiger partial charge in [0.15, 0.2) is 5.16 Å². The number of carboxylic acid groups (broad SMARTS) is 1. The number of hydrogen-bond donors (Lipinski definition) is 2. The van der Waals surface area contributed by atoms with Crippen LogP contribution in [0.4, 0.5) is 0 Å². The highest BCUT2D eigenvalue weighted by Gasteiger charge is 2.12. The third kappa shape index (κ3) is 4.71. The second-order valence-corrected chi connectivity index (χ2v) is 5.33. The summed E-state index contributed by atoms with van der Waals surface area (Å²) in [6.07, 6.45) is 1.04. The van der Waals surface area contributed by atoms with Crippen molar-refractivity contribution in [3.63, 3.8) is 0 Å². The van der Waals surface area contributed by atoms with Gasteiger partial charge in [0.25, 0.3) is 0 Å². The molecule has 0 amide bonds. The highest BCUT2D eigenvalue weighted by Crippen LogP contribution is 2.12. The molecular weight excluding hydrogens is 268 g/mol. The minimum absolute atomic E-state index is 0.106. The normalized spacial score (nSPS) is 12.8. The molecule has 1 unspecified atom stereocenters. The van der Waals surface area contributed by atoms with Gasteiger partial charge in [-0.3, -0.25) is 9.36 Å². The van der Waals surface area contributed by atoms with Gasteiger partial charge in [0.05, 0.1) is 5.75 Å². The van der Waals surface area contributed by atoms with E-state index in [1.165, 1.54) is 4.57 Å².